The van der Waals surface area contributed by atoms with Gasteiger partial charge in [-0.2, -0.15) is 13.2 Å². The van der Waals surface area contributed by atoms with Gasteiger partial charge < -0.3 is 15.6 Å². The number of hydroxylamine groups is 3. The van der Waals surface area contributed by atoms with Crippen molar-refractivity contribution in [2.45, 2.75) is 51.2 Å². The fourth-order valence-electron chi connectivity index (χ4n) is 5.10. The maximum Gasteiger partial charge on any atom is 0.497 e. The Morgan fingerprint density at radius 2 is 2.06 bits per heavy atom. The summed E-state index contributed by atoms with van der Waals surface area (Å²) < 4.78 is 37.9. The first-order valence-corrected chi connectivity index (χ1v) is 11.5. The predicted molar refractivity (Wildman–Crippen MR) is 117 cm³/mol. The van der Waals surface area contributed by atoms with E-state index in [0.717, 1.165) is 22.0 Å². The van der Waals surface area contributed by atoms with E-state index in [1.54, 1.807) is 13.0 Å². The van der Waals surface area contributed by atoms with Gasteiger partial charge in [0.05, 0.1) is 0 Å². The quantitative estimate of drug-likeness (QED) is 0.552. The summed E-state index contributed by atoms with van der Waals surface area (Å²) in [6, 6.07) is 2.75. The van der Waals surface area contributed by atoms with Crippen LogP contribution in [0.25, 0.3) is 10.9 Å². The van der Waals surface area contributed by atoms with E-state index in [2.05, 4.69) is 15.6 Å². The normalized spacial score (nSPS) is 22.7. The van der Waals surface area contributed by atoms with Crippen molar-refractivity contribution < 1.29 is 37.0 Å². The molecule has 2 aliphatic heterocycles. The standard InChI is InChI=1S/C23H27F3N4O4/c1-2-30(34-22(33)23(24,25)26)12-4-3-5-18(30)21(32)28-10-8-14-13-29-17-7-6-16-15(19(14)17)9-11-27-20(16)31/h6-7,13,18H,2-5,8-12H2,1H3,(H2-,27,28,29,31,32)/p+1. The summed E-state index contributed by atoms with van der Waals surface area (Å²) >= 11 is 0. The molecule has 2 unspecified atom stereocenters. The van der Waals surface area contributed by atoms with Crippen molar-refractivity contribution in [3.8, 4) is 0 Å². The number of likely N-dealkylation sites (N-methyl/N-ethyl adjacent to an activating group) is 1. The highest BCUT2D eigenvalue weighted by atomic mass is 19.4. The van der Waals surface area contributed by atoms with Gasteiger partial charge in [-0.05, 0) is 49.4 Å². The Balaban J connectivity index is 1.47. The van der Waals surface area contributed by atoms with Gasteiger partial charge in [0.2, 0.25) is 6.04 Å². The maximum absolute atomic E-state index is 13.0. The Bertz CT molecular complexity index is 1110. The highest BCUT2D eigenvalue weighted by molar-refractivity contribution is 6.02. The smallest absolute Gasteiger partial charge is 0.361 e. The first kappa shape index (κ1) is 24.1. The molecule has 34 heavy (non-hydrogen) atoms. The molecule has 1 fully saturated rings. The second-order valence-corrected chi connectivity index (χ2v) is 8.76. The lowest BCUT2D eigenvalue weighted by molar-refractivity contribution is -1.10. The zero-order chi connectivity index (χ0) is 24.5. The Hall–Kier alpha value is -3.08. The molecular formula is C23H28F3N4O4+. The van der Waals surface area contributed by atoms with E-state index in [1.165, 1.54) is 0 Å². The number of amides is 2. The van der Waals surface area contributed by atoms with Crippen LogP contribution in [-0.4, -0.2) is 65.8 Å². The summed E-state index contributed by atoms with van der Waals surface area (Å²) in [5, 5.41) is 6.63. The van der Waals surface area contributed by atoms with Crippen molar-refractivity contribution in [3.63, 3.8) is 0 Å². The Morgan fingerprint density at radius 3 is 2.79 bits per heavy atom. The van der Waals surface area contributed by atoms with E-state index in [0.29, 0.717) is 44.2 Å². The van der Waals surface area contributed by atoms with Gasteiger partial charge in [0, 0.05) is 48.6 Å². The minimum Gasteiger partial charge on any atom is -0.361 e. The number of benzene rings is 1. The predicted octanol–water partition coefficient (Wildman–Crippen LogP) is 2.52. The summed E-state index contributed by atoms with van der Waals surface area (Å²) in [6.45, 7) is 2.65. The first-order valence-electron chi connectivity index (χ1n) is 11.5. The van der Waals surface area contributed by atoms with Gasteiger partial charge in [-0.3, -0.25) is 14.4 Å². The maximum atomic E-state index is 13.0. The van der Waals surface area contributed by atoms with Crippen LogP contribution in [0, 0.1) is 0 Å². The molecule has 0 spiro atoms. The lowest BCUT2D eigenvalue weighted by atomic mass is 9.94. The van der Waals surface area contributed by atoms with Gasteiger partial charge in [-0.1, -0.05) is 0 Å². The van der Waals surface area contributed by atoms with Gasteiger partial charge in [0.25, 0.3) is 11.8 Å². The van der Waals surface area contributed by atoms with Crippen molar-refractivity contribution in [1.82, 2.24) is 15.6 Å². The third kappa shape index (κ3) is 4.48. The molecule has 2 aliphatic rings. The van der Waals surface area contributed by atoms with Crippen molar-refractivity contribution in [3.05, 3.63) is 35.0 Å². The fraction of sp³-hybridized carbons (Fsp3) is 0.522. The van der Waals surface area contributed by atoms with Gasteiger partial charge >= 0.3 is 12.1 Å². The largest absolute Gasteiger partial charge is 0.497 e. The molecule has 1 aromatic heterocycles. The lowest BCUT2D eigenvalue weighted by Crippen LogP contribution is -2.64. The number of halogens is 3. The minimum absolute atomic E-state index is 0.0660. The molecule has 1 aromatic carbocycles. The molecule has 2 atom stereocenters. The highest BCUT2D eigenvalue weighted by Gasteiger charge is 2.53. The summed E-state index contributed by atoms with van der Waals surface area (Å²) in [5.74, 6) is -2.82. The molecule has 3 N–H and O–H groups in total. The average Bonchev–Trinajstić information content (AvgIpc) is 3.22. The zero-order valence-electron chi connectivity index (χ0n) is 18.9. The van der Waals surface area contributed by atoms with E-state index in [-0.39, 0.29) is 25.5 Å². The van der Waals surface area contributed by atoms with Crippen molar-refractivity contribution in [1.29, 1.82) is 0 Å². The van der Waals surface area contributed by atoms with Crippen LogP contribution in [0.1, 0.15) is 47.7 Å². The number of rotatable bonds is 6. The van der Waals surface area contributed by atoms with Crippen molar-refractivity contribution in [2.24, 2.45) is 0 Å². The summed E-state index contributed by atoms with van der Waals surface area (Å²) in [5.41, 5.74) is 3.47. The molecule has 0 radical (unpaired) electrons. The van der Waals surface area contributed by atoms with Crippen LogP contribution in [0.5, 0.6) is 0 Å². The van der Waals surface area contributed by atoms with E-state index >= 15 is 0 Å². The number of hydrogen-bond donors (Lipinski definition) is 3. The number of fused-ring (bicyclic) bond motifs is 3. The number of nitrogens with zero attached hydrogens (tertiary/aromatic N) is 1. The number of nitrogens with one attached hydrogen (secondary N) is 3. The molecule has 0 saturated carbocycles. The summed E-state index contributed by atoms with van der Waals surface area (Å²) in [7, 11) is 0. The molecule has 11 heteroatoms. The molecule has 2 aromatic rings. The van der Waals surface area contributed by atoms with Crippen LogP contribution in [-0.2, 0) is 27.3 Å². The Morgan fingerprint density at radius 1 is 1.26 bits per heavy atom. The molecule has 4 rings (SSSR count). The number of piperidine rings is 1. The molecule has 2 amide bonds. The topological polar surface area (TPSA) is 100 Å². The number of hydrogen-bond acceptors (Lipinski definition) is 4. The van der Waals surface area contributed by atoms with Crippen LogP contribution in [0.4, 0.5) is 13.2 Å². The molecule has 8 nitrogen and oxygen atoms in total. The molecular weight excluding hydrogens is 453 g/mol. The van der Waals surface area contributed by atoms with E-state index < -0.39 is 28.7 Å². The summed E-state index contributed by atoms with van der Waals surface area (Å²) in [4.78, 5) is 44.8. The number of carbonyl (C=O) groups is 3. The SMILES string of the molecule is CC[N+]1(OC(=O)C(F)(F)F)CCCCC1C(=O)NCCc1c[nH]c2ccc3c(c12)CCNC3=O. The number of aromatic amines is 1. The summed E-state index contributed by atoms with van der Waals surface area (Å²) in [6.07, 6.45) is -0.522. The van der Waals surface area contributed by atoms with Crippen molar-refractivity contribution in [2.75, 3.05) is 26.2 Å². The molecule has 3 heterocycles. The highest BCUT2D eigenvalue weighted by Crippen LogP contribution is 2.31. The second-order valence-electron chi connectivity index (χ2n) is 8.76. The molecule has 0 bridgehead atoms. The van der Waals surface area contributed by atoms with Gasteiger partial charge in [-0.25, -0.2) is 4.79 Å². The number of likely N-dealkylation sites (tertiary alicyclic amines) is 1. The molecule has 1 saturated heterocycles. The van der Waals surface area contributed by atoms with E-state index in [9.17, 15) is 27.6 Å². The van der Waals surface area contributed by atoms with Gasteiger partial charge in [0.1, 0.15) is 13.1 Å². The molecule has 184 valence electrons. The average molecular weight is 481 g/mol. The van der Waals surface area contributed by atoms with Crippen LogP contribution in [0.3, 0.4) is 0 Å². The first-order chi connectivity index (χ1) is 16.2. The fourth-order valence-corrected chi connectivity index (χ4v) is 5.10. The number of H-pyrrole nitrogens is 1. The molecule has 0 aliphatic carbocycles. The van der Waals surface area contributed by atoms with Gasteiger partial charge in [0.15, 0.2) is 0 Å². The second kappa shape index (κ2) is 9.28. The van der Waals surface area contributed by atoms with Crippen LogP contribution in [0.15, 0.2) is 18.3 Å². The number of alkyl halides is 3. The van der Waals surface area contributed by atoms with Crippen LogP contribution < -0.4 is 10.6 Å². The van der Waals surface area contributed by atoms with E-state index in [4.69, 9.17) is 4.84 Å². The van der Waals surface area contributed by atoms with Crippen molar-refractivity contribution >= 4 is 28.7 Å². The Labute approximate surface area is 194 Å². The Kier molecular flexibility index (Phi) is 6.57. The number of carbonyl (C=O) groups excluding carboxylic acids is 3. The lowest BCUT2D eigenvalue weighted by Gasteiger charge is -2.41. The van der Waals surface area contributed by atoms with Crippen LogP contribution in [0.2, 0.25) is 0 Å². The number of aromatic nitrogens is 1. The zero-order valence-corrected chi connectivity index (χ0v) is 18.9. The minimum atomic E-state index is -5.12. The van der Waals surface area contributed by atoms with Crippen LogP contribution >= 0.6 is 0 Å². The number of quaternary nitrogens is 1. The van der Waals surface area contributed by atoms with E-state index in [1.807, 2.05) is 12.3 Å². The third-order valence-electron chi connectivity index (χ3n) is 6.80. The monoisotopic (exact) mass is 481 g/mol. The third-order valence-corrected chi connectivity index (χ3v) is 6.80. The van der Waals surface area contributed by atoms with Gasteiger partial charge in [-0.15, -0.1) is 4.65 Å².